The number of rotatable bonds is 6. The molecule has 0 bridgehead atoms. The van der Waals surface area contributed by atoms with Crippen LogP contribution in [0.5, 0.6) is 5.75 Å². The Labute approximate surface area is 190 Å². The van der Waals surface area contributed by atoms with Gasteiger partial charge in [-0.15, -0.1) is 16.4 Å². The van der Waals surface area contributed by atoms with Crippen molar-refractivity contribution in [1.82, 2.24) is 24.2 Å². The number of benzene rings is 1. The van der Waals surface area contributed by atoms with Gasteiger partial charge in [-0.1, -0.05) is 0 Å². The molecule has 0 radical (unpaired) electrons. The van der Waals surface area contributed by atoms with E-state index in [4.69, 9.17) is 22.1 Å². The Hall–Kier alpha value is -2.81. The molecule has 1 aromatic carbocycles. The van der Waals surface area contributed by atoms with Gasteiger partial charge in [0.2, 0.25) is 4.77 Å². The number of thiophene rings is 1. The highest BCUT2D eigenvalue weighted by atomic mass is 32.1. The third kappa shape index (κ3) is 4.06. The van der Waals surface area contributed by atoms with Crippen molar-refractivity contribution >= 4 is 23.6 Å². The van der Waals surface area contributed by atoms with Crippen LogP contribution < -0.4 is 4.74 Å². The fraction of sp³-hybridized carbons (Fsp3) is 0.261. The van der Waals surface area contributed by atoms with Crippen LogP contribution in [0.1, 0.15) is 17.4 Å². The molecule has 4 heterocycles. The second-order valence-corrected chi connectivity index (χ2v) is 8.78. The van der Waals surface area contributed by atoms with Crippen LogP contribution in [0.25, 0.3) is 17.1 Å². The maximum absolute atomic E-state index is 5.90. The van der Waals surface area contributed by atoms with E-state index in [9.17, 15) is 0 Å². The molecule has 158 valence electrons. The van der Waals surface area contributed by atoms with Crippen molar-refractivity contribution in [2.75, 3.05) is 13.2 Å². The Bertz CT molecular complexity index is 1230. The molecule has 0 atom stereocenters. The molecule has 0 spiro atoms. The number of nitrogens with zero attached hydrogens (tertiary/aromatic N) is 5. The van der Waals surface area contributed by atoms with Gasteiger partial charge in [-0.2, -0.15) is 0 Å². The topological polar surface area (TPSA) is 48.1 Å². The van der Waals surface area contributed by atoms with Gasteiger partial charge in [-0.25, -0.2) is 4.68 Å². The number of fused-ring (bicyclic) bond motifs is 1. The molecule has 0 N–H and O–H groups in total. The average molecular weight is 450 g/mol. The molecule has 4 aromatic rings. The summed E-state index contributed by atoms with van der Waals surface area (Å²) < 4.78 is 10.2. The van der Waals surface area contributed by atoms with Crippen molar-refractivity contribution in [3.05, 3.63) is 75.4 Å². The Morgan fingerprint density at radius 2 is 1.90 bits per heavy atom. The Balaban J connectivity index is 1.52. The third-order valence-electron chi connectivity index (χ3n) is 5.40. The van der Waals surface area contributed by atoms with E-state index in [-0.39, 0.29) is 0 Å². The molecule has 0 saturated carbocycles. The highest BCUT2D eigenvalue weighted by Gasteiger charge is 2.20. The van der Waals surface area contributed by atoms with E-state index in [1.807, 2.05) is 63.9 Å². The zero-order chi connectivity index (χ0) is 21.2. The van der Waals surface area contributed by atoms with E-state index >= 15 is 0 Å². The average Bonchev–Trinajstić information content (AvgIpc) is 3.40. The third-order valence-corrected chi connectivity index (χ3v) is 6.82. The Morgan fingerprint density at radius 3 is 2.68 bits per heavy atom. The number of ether oxygens (including phenoxy) is 1. The summed E-state index contributed by atoms with van der Waals surface area (Å²) in [6.45, 7) is 5.23. The molecule has 8 heteroatoms. The lowest BCUT2D eigenvalue weighted by Gasteiger charge is -2.26. The van der Waals surface area contributed by atoms with Crippen LogP contribution >= 0.6 is 23.6 Å². The van der Waals surface area contributed by atoms with Crippen molar-refractivity contribution in [2.24, 2.45) is 0 Å². The van der Waals surface area contributed by atoms with Gasteiger partial charge in [0.05, 0.1) is 19.0 Å². The van der Waals surface area contributed by atoms with Crippen molar-refractivity contribution in [3.8, 4) is 22.8 Å². The van der Waals surface area contributed by atoms with Gasteiger partial charge in [0.25, 0.3) is 0 Å². The fourth-order valence-corrected chi connectivity index (χ4v) is 5.08. The summed E-state index contributed by atoms with van der Waals surface area (Å²) in [7, 11) is 0. The lowest BCUT2D eigenvalue weighted by atomic mass is 10.1. The lowest BCUT2D eigenvalue weighted by molar-refractivity contribution is 0.189. The molecule has 5 rings (SSSR count). The fourth-order valence-electron chi connectivity index (χ4n) is 3.90. The standard InChI is InChI=1S/C23H23N5OS2/c1-2-29-20-5-3-19(4-6-20)28-22(17-7-11-24-12-8-17)25-27(23(28)30)16-26-13-9-21-18(15-26)10-14-31-21/h3-8,10-12,14H,2,9,13,15-16H2,1H3. The number of hydrogen-bond acceptors (Lipinski definition) is 6. The Morgan fingerprint density at radius 1 is 1.10 bits per heavy atom. The minimum atomic E-state index is 0.640. The Kier molecular flexibility index (Phi) is 5.67. The summed E-state index contributed by atoms with van der Waals surface area (Å²) in [5.74, 6) is 1.65. The first-order valence-electron chi connectivity index (χ1n) is 10.3. The monoisotopic (exact) mass is 449 g/mol. The van der Waals surface area contributed by atoms with E-state index in [0.29, 0.717) is 18.0 Å². The van der Waals surface area contributed by atoms with Gasteiger partial charge in [-0.05, 0) is 79.0 Å². The van der Waals surface area contributed by atoms with Crippen molar-refractivity contribution in [1.29, 1.82) is 0 Å². The molecule has 1 aliphatic rings. The van der Waals surface area contributed by atoms with Gasteiger partial charge >= 0.3 is 0 Å². The highest BCUT2D eigenvalue weighted by molar-refractivity contribution is 7.71. The van der Waals surface area contributed by atoms with E-state index in [1.54, 1.807) is 12.4 Å². The molecule has 0 aliphatic carbocycles. The van der Waals surface area contributed by atoms with Crippen LogP contribution in [-0.2, 0) is 19.6 Å². The maximum atomic E-state index is 5.90. The molecule has 0 unspecified atom stereocenters. The minimum absolute atomic E-state index is 0.640. The normalized spacial score (nSPS) is 13.8. The molecule has 0 fully saturated rings. The van der Waals surface area contributed by atoms with Crippen molar-refractivity contribution < 1.29 is 4.74 Å². The van der Waals surface area contributed by atoms with Gasteiger partial charge < -0.3 is 4.74 Å². The van der Waals surface area contributed by atoms with E-state index in [0.717, 1.165) is 42.3 Å². The van der Waals surface area contributed by atoms with Crippen LogP contribution in [0.2, 0.25) is 0 Å². The summed E-state index contributed by atoms with van der Waals surface area (Å²) in [6, 6.07) is 14.1. The maximum Gasteiger partial charge on any atom is 0.204 e. The quantitative estimate of drug-likeness (QED) is 0.390. The molecular weight excluding hydrogens is 426 g/mol. The number of hydrogen-bond donors (Lipinski definition) is 0. The summed E-state index contributed by atoms with van der Waals surface area (Å²) >= 11 is 7.75. The SMILES string of the molecule is CCOc1ccc(-n2c(-c3ccncc3)nn(CN3CCc4sccc4C3)c2=S)cc1. The van der Waals surface area contributed by atoms with E-state index in [1.165, 1.54) is 10.4 Å². The highest BCUT2D eigenvalue weighted by Crippen LogP contribution is 2.26. The second-order valence-electron chi connectivity index (χ2n) is 7.42. The van der Waals surface area contributed by atoms with Crippen LogP contribution in [-0.4, -0.2) is 37.4 Å². The molecule has 0 saturated heterocycles. The molecule has 0 amide bonds. The predicted molar refractivity (Wildman–Crippen MR) is 125 cm³/mol. The molecule has 6 nitrogen and oxygen atoms in total. The summed E-state index contributed by atoms with van der Waals surface area (Å²) in [5.41, 5.74) is 3.36. The summed E-state index contributed by atoms with van der Waals surface area (Å²) in [5, 5.41) is 7.11. The van der Waals surface area contributed by atoms with E-state index < -0.39 is 0 Å². The van der Waals surface area contributed by atoms with Gasteiger partial charge in [0.1, 0.15) is 5.75 Å². The first kappa shape index (κ1) is 20.1. The van der Waals surface area contributed by atoms with Gasteiger partial charge in [0, 0.05) is 35.9 Å². The number of aromatic nitrogens is 4. The zero-order valence-electron chi connectivity index (χ0n) is 17.3. The van der Waals surface area contributed by atoms with Crippen molar-refractivity contribution in [2.45, 2.75) is 26.6 Å². The minimum Gasteiger partial charge on any atom is -0.494 e. The first-order chi connectivity index (χ1) is 15.2. The summed E-state index contributed by atoms with van der Waals surface area (Å²) in [6.07, 6.45) is 4.64. The van der Waals surface area contributed by atoms with Gasteiger partial charge in [-0.3, -0.25) is 14.5 Å². The first-order valence-corrected chi connectivity index (χ1v) is 11.6. The van der Waals surface area contributed by atoms with E-state index in [2.05, 4.69) is 21.3 Å². The van der Waals surface area contributed by atoms with Crippen LogP contribution in [0.3, 0.4) is 0 Å². The van der Waals surface area contributed by atoms with Crippen LogP contribution in [0, 0.1) is 4.77 Å². The smallest absolute Gasteiger partial charge is 0.204 e. The molecular formula is C23H23N5OS2. The largest absolute Gasteiger partial charge is 0.494 e. The number of pyridine rings is 1. The van der Waals surface area contributed by atoms with Gasteiger partial charge in [0.15, 0.2) is 5.82 Å². The van der Waals surface area contributed by atoms with Crippen LogP contribution in [0.4, 0.5) is 0 Å². The molecule has 1 aliphatic heterocycles. The van der Waals surface area contributed by atoms with Crippen LogP contribution in [0.15, 0.2) is 60.2 Å². The van der Waals surface area contributed by atoms with Crippen molar-refractivity contribution in [3.63, 3.8) is 0 Å². The lowest BCUT2D eigenvalue weighted by Crippen LogP contribution is -2.32. The second kappa shape index (κ2) is 8.74. The molecule has 31 heavy (non-hydrogen) atoms. The zero-order valence-corrected chi connectivity index (χ0v) is 18.9. The summed E-state index contributed by atoms with van der Waals surface area (Å²) in [4.78, 5) is 8.05. The molecule has 3 aromatic heterocycles. The predicted octanol–water partition coefficient (Wildman–Crippen LogP) is 4.94.